The maximum atomic E-state index is 12.9. The van der Waals surface area contributed by atoms with E-state index in [0.29, 0.717) is 30.0 Å². The molecule has 0 aliphatic heterocycles. The lowest BCUT2D eigenvalue weighted by Gasteiger charge is -2.20. The lowest BCUT2D eigenvalue weighted by Crippen LogP contribution is -2.33. The first-order valence-corrected chi connectivity index (χ1v) is 10.3. The second kappa shape index (κ2) is 10.4. The van der Waals surface area contributed by atoms with Gasteiger partial charge in [-0.25, -0.2) is 0 Å². The molecule has 1 atom stereocenters. The number of para-hydroxylation sites is 1. The van der Waals surface area contributed by atoms with Gasteiger partial charge in [0.25, 0.3) is 11.8 Å². The van der Waals surface area contributed by atoms with Crippen molar-refractivity contribution in [3.63, 3.8) is 0 Å². The number of nitrogens with zero attached hydrogens (tertiary/aromatic N) is 1. The molecule has 1 aromatic heterocycles. The number of rotatable bonds is 8. The van der Waals surface area contributed by atoms with Crippen molar-refractivity contribution in [1.29, 1.82) is 0 Å². The molecule has 1 heterocycles. The molecule has 3 aromatic rings. The zero-order chi connectivity index (χ0) is 22.2. The Kier molecular flexibility index (Phi) is 7.38. The van der Waals surface area contributed by atoms with E-state index in [2.05, 4.69) is 15.6 Å². The predicted molar refractivity (Wildman–Crippen MR) is 121 cm³/mol. The number of benzene rings is 2. The first-order chi connectivity index (χ1) is 15.0. The number of aromatic nitrogens is 1. The number of hydrogen-bond donors (Lipinski definition) is 2. The second-order valence-electron chi connectivity index (χ2n) is 7.29. The molecule has 160 valence electrons. The zero-order valence-corrected chi connectivity index (χ0v) is 18.0. The molecule has 0 saturated carbocycles. The summed E-state index contributed by atoms with van der Waals surface area (Å²) < 4.78 is 6.00. The van der Waals surface area contributed by atoms with E-state index in [1.807, 2.05) is 51.1 Å². The third kappa shape index (κ3) is 5.69. The van der Waals surface area contributed by atoms with Gasteiger partial charge in [0.1, 0.15) is 5.75 Å². The van der Waals surface area contributed by atoms with Crippen LogP contribution in [0.4, 0.5) is 5.69 Å². The van der Waals surface area contributed by atoms with Crippen LogP contribution < -0.4 is 15.4 Å². The molecule has 0 fully saturated rings. The van der Waals surface area contributed by atoms with E-state index in [9.17, 15) is 9.59 Å². The Balaban J connectivity index is 1.70. The first-order valence-electron chi connectivity index (χ1n) is 10.3. The lowest BCUT2D eigenvalue weighted by atomic mass is 10.1. The van der Waals surface area contributed by atoms with Crippen LogP contribution in [-0.4, -0.2) is 22.9 Å². The Morgan fingerprint density at radius 3 is 2.58 bits per heavy atom. The number of amides is 2. The standard InChI is InChI=1S/C25H27N3O3/c1-4-22(31-23-13-7-9-17(2)18(23)3)25(30)28-21-12-6-5-11-20(21)24(29)27-16-19-10-8-14-26-15-19/h5-15,22H,4,16H2,1-3H3,(H,27,29)(H,28,30)/t22-/m1/s1. The quantitative estimate of drug-likeness (QED) is 0.568. The highest BCUT2D eigenvalue weighted by Gasteiger charge is 2.21. The van der Waals surface area contributed by atoms with Crippen molar-refractivity contribution in [2.75, 3.05) is 5.32 Å². The summed E-state index contributed by atoms with van der Waals surface area (Å²) in [6, 6.07) is 16.4. The van der Waals surface area contributed by atoms with Crippen LogP contribution in [-0.2, 0) is 11.3 Å². The van der Waals surface area contributed by atoms with Gasteiger partial charge in [0.15, 0.2) is 6.10 Å². The van der Waals surface area contributed by atoms with Gasteiger partial charge in [-0.05, 0) is 61.2 Å². The molecule has 0 spiro atoms. The van der Waals surface area contributed by atoms with E-state index >= 15 is 0 Å². The van der Waals surface area contributed by atoms with E-state index < -0.39 is 6.10 Å². The topological polar surface area (TPSA) is 80.3 Å². The highest BCUT2D eigenvalue weighted by Crippen LogP contribution is 2.23. The van der Waals surface area contributed by atoms with Crippen LogP contribution in [0.15, 0.2) is 67.0 Å². The van der Waals surface area contributed by atoms with Crippen molar-refractivity contribution in [3.05, 3.63) is 89.2 Å². The van der Waals surface area contributed by atoms with Crippen molar-refractivity contribution in [1.82, 2.24) is 10.3 Å². The van der Waals surface area contributed by atoms with Crippen LogP contribution in [0.2, 0.25) is 0 Å². The molecule has 2 aromatic carbocycles. The fraction of sp³-hybridized carbons (Fsp3) is 0.240. The Morgan fingerprint density at radius 1 is 1.03 bits per heavy atom. The SMILES string of the molecule is CC[C@@H](Oc1cccc(C)c1C)C(=O)Nc1ccccc1C(=O)NCc1cccnc1. The molecule has 0 saturated heterocycles. The number of ether oxygens (including phenoxy) is 1. The minimum Gasteiger partial charge on any atom is -0.480 e. The molecular formula is C25H27N3O3. The van der Waals surface area contributed by atoms with Gasteiger partial charge in [0, 0.05) is 18.9 Å². The minimum atomic E-state index is -0.674. The summed E-state index contributed by atoms with van der Waals surface area (Å²) >= 11 is 0. The Bertz CT molecular complexity index is 1050. The maximum Gasteiger partial charge on any atom is 0.265 e. The van der Waals surface area contributed by atoms with Gasteiger partial charge >= 0.3 is 0 Å². The average molecular weight is 418 g/mol. The van der Waals surface area contributed by atoms with Crippen molar-refractivity contribution < 1.29 is 14.3 Å². The predicted octanol–water partition coefficient (Wildman–Crippen LogP) is 4.42. The van der Waals surface area contributed by atoms with Crippen LogP contribution in [0, 0.1) is 13.8 Å². The Morgan fingerprint density at radius 2 is 1.84 bits per heavy atom. The summed E-state index contributed by atoms with van der Waals surface area (Å²) in [5.41, 5.74) is 3.83. The first kappa shape index (κ1) is 22.0. The Hall–Kier alpha value is -3.67. The molecular weight excluding hydrogens is 390 g/mol. The average Bonchev–Trinajstić information content (AvgIpc) is 2.79. The van der Waals surface area contributed by atoms with Gasteiger partial charge in [0.2, 0.25) is 0 Å². The summed E-state index contributed by atoms with van der Waals surface area (Å²) in [6.45, 7) is 6.21. The van der Waals surface area contributed by atoms with Crippen molar-refractivity contribution >= 4 is 17.5 Å². The second-order valence-corrected chi connectivity index (χ2v) is 7.29. The number of aryl methyl sites for hydroxylation is 1. The highest BCUT2D eigenvalue weighted by atomic mass is 16.5. The molecule has 6 heteroatoms. The monoisotopic (exact) mass is 417 g/mol. The fourth-order valence-corrected chi connectivity index (χ4v) is 3.11. The zero-order valence-electron chi connectivity index (χ0n) is 18.0. The molecule has 0 aliphatic carbocycles. The van der Waals surface area contributed by atoms with E-state index in [4.69, 9.17) is 4.74 Å². The molecule has 3 rings (SSSR count). The molecule has 2 amide bonds. The van der Waals surface area contributed by atoms with Gasteiger partial charge in [-0.1, -0.05) is 37.3 Å². The minimum absolute atomic E-state index is 0.275. The van der Waals surface area contributed by atoms with Crippen LogP contribution in [0.3, 0.4) is 0 Å². The van der Waals surface area contributed by atoms with Crippen LogP contribution in [0.1, 0.15) is 40.4 Å². The third-order valence-electron chi connectivity index (χ3n) is 5.09. The van der Waals surface area contributed by atoms with Crippen molar-refractivity contribution in [2.45, 2.75) is 39.8 Å². The van der Waals surface area contributed by atoms with Gasteiger partial charge in [-0.3, -0.25) is 14.6 Å². The third-order valence-corrected chi connectivity index (χ3v) is 5.09. The van der Waals surface area contributed by atoms with Crippen LogP contribution >= 0.6 is 0 Å². The summed E-state index contributed by atoms with van der Waals surface area (Å²) in [7, 11) is 0. The normalized spacial score (nSPS) is 11.5. The smallest absolute Gasteiger partial charge is 0.265 e. The van der Waals surface area contributed by atoms with Crippen molar-refractivity contribution in [2.24, 2.45) is 0 Å². The van der Waals surface area contributed by atoms with Gasteiger partial charge < -0.3 is 15.4 Å². The summed E-state index contributed by atoms with van der Waals surface area (Å²) in [5, 5.41) is 5.72. The molecule has 6 nitrogen and oxygen atoms in total. The Labute approximate surface area is 182 Å². The molecule has 0 bridgehead atoms. The molecule has 31 heavy (non-hydrogen) atoms. The van der Waals surface area contributed by atoms with Gasteiger partial charge in [-0.2, -0.15) is 0 Å². The van der Waals surface area contributed by atoms with Gasteiger partial charge in [-0.15, -0.1) is 0 Å². The molecule has 0 aliphatic rings. The number of nitrogens with one attached hydrogen (secondary N) is 2. The number of hydrogen-bond acceptors (Lipinski definition) is 4. The fourth-order valence-electron chi connectivity index (χ4n) is 3.11. The van der Waals surface area contributed by atoms with E-state index in [1.165, 1.54) is 0 Å². The molecule has 2 N–H and O–H groups in total. The largest absolute Gasteiger partial charge is 0.480 e. The summed E-state index contributed by atoms with van der Waals surface area (Å²) in [5.74, 6) is 0.115. The van der Waals surface area contributed by atoms with Gasteiger partial charge in [0.05, 0.1) is 11.3 Å². The van der Waals surface area contributed by atoms with E-state index in [0.717, 1.165) is 16.7 Å². The number of carbonyl (C=O) groups excluding carboxylic acids is 2. The van der Waals surface area contributed by atoms with E-state index in [-0.39, 0.29) is 11.8 Å². The number of carbonyl (C=O) groups is 2. The van der Waals surface area contributed by atoms with Crippen LogP contribution in [0.25, 0.3) is 0 Å². The number of anilines is 1. The van der Waals surface area contributed by atoms with Crippen molar-refractivity contribution in [3.8, 4) is 5.75 Å². The highest BCUT2D eigenvalue weighted by molar-refractivity contribution is 6.04. The summed E-state index contributed by atoms with van der Waals surface area (Å²) in [4.78, 5) is 29.7. The molecule has 0 radical (unpaired) electrons. The number of pyridine rings is 1. The van der Waals surface area contributed by atoms with E-state index in [1.54, 1.807) is 36.7 Å². The summed E-state index contributed by atoms with van der Waals surface area (Å²) in [6.07, 6.45) is 3.20. The van der Waals surface area contributed by atoms with Crippen LogP contribution in [0.5, 0.6) is 5.75 Å². The lowest BCUT2D eigenvalue weighted by molar-refractivity contribution is -0.122. The maximum absolute atomic E-state index is 12.9. The molecule has 0 unspecified atom stereocenters.